The Hall–Kier alpha value is -1.52. The summed E-state index contributed by atoms with van der Waals surface area (Å²) in [4.78, 5) is 24.4. The predicted molar refractivity (Wildman–Crippen MR) is 69.4 cm³/mol. The van der Waals surface area contributed by atoms with Crippen LogP contribution in [-0.2, 0) is 4.79 Å². The fraction of sp³-hybridized carbons (Fsp3) is 0.692. The van der Waals surface area contributed by atoms with Gasteiger partial charge in [0.1, 0.15) is 0 Å². The van der Waals surface area contributed by atoms with Crippen LogP contribution >= 0.6 is 0 Å². The summed E-state index contributed by atoms with van der Waals surface area (Å²) in [5.74, 6) is -0.532. The predicted octanol–water partition coefficient (Wildman–Crippen LogP) is 1.85. The first kappa shape index (κ1) is 14.5. The number of carbonyl (C=O) groups is 2. The van der Waals surface area contributed by atoms with Crippen molar-refractivity contribution >= 4 is 12.0 Å². The molecule has 1 rings (SSSR count). The van der Waals surface area contributed by atoms with Gasteiger partial charge in [-0.05, 0) is 25.2 Å². The van der Waals surface area contributed by atoms with E-state index in [9.17, 15) is 9.59 Å². The van der Waals surface area contributed by atoms with Gasteiger partial charge in [0.05, 0.1) is 6.42 Å². The lowest BCUT2D eigenvalue weighted by Crippen LogP contribution is -2.46. The van der Waals surface area contributed by atoms with Crippen molar-refractivity contribution in [2.75, 3.05) is 13.1 Å². The topological polar surface area (TPSA) is 69.6 Å². The Kier molecular flexibility index (Phi) is 5.68. The van der Waals surface area contributed by atoms with Gasteiger partial charge < -0.3 is 15.3 Å². The van der Waals surface area contributed by atoms with E-state index >= 15 is 0 Å². The van der Waals surface area contributed by atoms with E-state index in [1.165, 1.54) is 0 Å². The van der Waals surface area contributed by atoms with E-state index in [1.54, 1.807) is 11.0 Å². The van der Waals surface area contributed by atoms with Crippen molar-refractivity contribution in [2.24, 2.45) is 5.92 Å². The second-order valence-electron chi connectivity index (χ2n) is 4.73. The van der Waals surface area contributed by atoms with Crippen LogP contribution in [0.1, 0.15) is 32.6 Å². The van der Waals surface area contributed by atoms with E-state index in [0.29, 0.717) is 19.0 Å². The summed E-state index contributed by atoms with van der Waals surface area (Å²) < 4.78 is 0. The van der Waals surface area contributed by atoms with E-state index in [1.807, 2.05) is 6.92 Å². The van der Waals surface area contributed by atoms with Crippen molar-refractivity contribution in [1.29, 1.82) is 0 Å². The van der Waals surface area contributed by atoms with Crippen molar-refractivity contribution in [3.05, 3.63) is 12.7 Å². The quantitative estimate of drug-likeness (QED) is 0.649. The average Bonchev–Trinajstić information content (AvgIpc) is 3.11. The molecule has 0 aliphatic heterocycles. The lowest BCUT2D eigenvalue weighted by atomic mass is 10.1. The molecule has 0 radical (unpaired) electrons. The summed E-state index contributed by atoms with van der Waals surface area (Å²) in [6.45, 7) is 6.77. The van der Waals surface area contributed by atoms with Gasteiger partial charge in [-0.3, -0.25) is 4.79 Å². The van der Waals surface area contributed by atoms with Crippen LogP contribution in [0.5, 0.6) is 0 Å². The smallest absolute Gasteiger partial charge is 0.317 e. The largest absolute Gasteiger partial charge is 0.481 e. The highest BCUT2D eigenvalue weighted by Gasteiger charge is 2.34. The van der Waals surface area contributed by atoms with Crippen LogP contribution in [-0.4, -0.2) is 41.1 Å². The van der Waals surface area contributed by atoms with E-state index in [4.69, 9.17) is 5.11 Å². The van der Waals surface area contributed by atoms with Crippen LogP contribution in [0.25, 0.3) is 0 Å². The van der Waals surface area contributed by atoms with Crippen LogP contribution in [0.15, 0.2) is 12.7 Å². The molecular weight excluding hydrogens is 232 g/mol. The summed E-state index contributed by atoms with van der Waals surface area (Å²) in [6.07, 6.45) is 4.57. The molecule has 5 nitrogen and oxygen atoms in total. The minimum absolute atomic E-state index is 0.00443. The Morgan fingerprint density at radius 1 is 1.56 bits per heavy atom. The molecule has 1 saturated carbocycles. The van der Waals surface area contributed by atoms with E-state index in [-0.39, 0.29) is 18.5 Å². The highest BCUT2D eigenvalue weighted by molar-refractivity contribution is 5.76. The molecule has 0 bridgehead atoms. The molecule has 1 aliphatic rings. The zero-order chi connectivity index (χ0) is 13.5. The van der Waals surface area contributed by atoms with Gasteiger partial charge in [0, 0.05) is 19.1 Å². The van der Waals surface area contributed by atoms with Crippen molar-refractivity contribution < 1.29 is 14.7 Å². The highest BCUT2D eigenvalue weighted by Crippen LogP contribution is 2.34. The van der Waals surface area contributed by atoms with Crippen molar-refractivity contribution in [3.8, 4) is 0 Å². The Bertz CT molecular complexity index is 313. The number of carbonyl (C=O) groups excluding carboxylic acids is 1. The number of nitrogens with one attached hydrogen (secondary N) is 1. The van der Waals surface area contributed by atoms with Crippen LogP contribution in [0.4, 0.5) is 4.79 Å². The third-order valence-corrected chi connectivity index (χ3v) is 3.02. The molecule has 1 unspecified atom stereocenters. The minimum Gasteiger partial charge on any atom is -0.481 e. The number of aliphatic carboxylic acids is 1. The number of amides is 2. The second kappa shape index (κ2) is 7.03. The minimum atomic E-state index is -0.863. The van der Waals surface area contributed by atoms with Crippen LogP contribution < -0.4 is 5.32 Å². The zero-order valence-electron chi connectivity index (χ0n) is 10.9. The van der Waals surface area contributed by atoms with Crippen molar-refractivity contribution in [1.82, 2.24) is 10.2 Å². The molecule has 0 spiro atoms. The monoisotopic (exact) mass is 254 g/mol. The first-order valence-electron chi connectivity index (χ1n) is 6.46. The maximum absolute atomic E-state index is 12.0. The Balaban J connectivity index is 2.52. The SMILES string of the molecule is C=CCN(CCC)C(=O)NC(CC(=O)O)C1CC1. The molecular formula is C13H22N2O3. The number of hydrogen-bond donors (Lipinski definition) is 2. The number of rotatable bonds is 8. The summed E-state index contributed by atoms with van der Waals surface area (Å²) in [5, 5.41) is 11.7. The van der Waals surface area contributed by atoms with Gasteiger partial charge >= 0.3 is 12.0 Å². The summed E-state index contributed by atoms with van der Waals surface area (Å²) >= 11 is 0. The standard InChI is InChI=1S/C13H22N2O3/c1-3-7-15(8-4-2)13(18)14-11(9-12(16)17)10-5-6-10/h3,10-11H,1,4-9H2,2H3,(H,14,18)(H,16,17). The molecule has 0 aromatic rings. The molecule has 1 aliphatic carbocycles. The van der Waals surface area contributed by atoms with Gasteiger partial charge in [-0.1, -0.05) is 13.0 Å². The van der Waals surface area contributed by atoms with Gasteiger partial charge in [-0.2, -0.15) is 0 Å². The molecule has 18 heavy (non-hydrogen) atoms. The van der Waals surface area contributed by atoms with Crippen LogP contribution in [0.3, 0.4) is 0 Å². The maximum atomic E-state index is 12.0. The zero-order valence-corrected chi connectivity index (χ0v) is 10.9. The molecule has 0 aromatic heterocycles. The van der Waals surface area contributed by atoms with E-state index in [0.717, 1.165) is 19.3 Å². The molecule has 102 valence electrons. The summed E-state index contributed by atoms with van der Waals surface area (Å²) in [7, 11) is 0. The third-order valence-electron chi connectivity index (χ3n) is 3.02. The normalized spacial score (nSPS) is 15.8. The fourth-order valence-electron chi connectivity index (χ4n) is 1.97. The summed E-state index contributed by atoms with van der Waals surface area (Å²) in [6, 6.07) is -0.422. The molecule has 5 heteroatoms. The maximum Gasteiger partial charge on any atom is 0.317 e. The van der Waals surface area contributed by atoms with E-state index < -0.39 is 5.97 Å². The van der Waals surface area contributed by atoms with E-state index in [2.05, 4.69) is 11.9 Å². The number of hydrogen-bond acceptors (Lipinski definition) is 2. The van der Waals surface area contributed by atoms with Gasteiger partial charge in [0.25, 0.3) is 0 Å². The summed E-state index contributed by atoms with van der Waals surface area (Å²) in [5.41, 5.74) is 0. The average molecular weight is 254 g/mol. The molecule has 0 saturated heterocycles. The van der Waals surface area contributed by atoms with Crippen molar-refractivity contribution in [3.63, 3.8) is 0 Å². The second-order valence-corrected chi connectivity index (χ2v) is 4.73. The molecule has 0 aromatic carbocycles. The Morgan fingerprint density at radius 2 is 2.22 bits per heavy atom. The molecule has 1 fully saturated rings. The number of urea groups is 1. The number of carboxylic acid groups (broad SMARTS) is 1. The number of carboxylic acids is 1. The lowest BCUT2D eigenvalue weighted by molar-refractivity contribution is -0.137. The highest BCUT2D eigenvalue weighted by atomic mass is 16.4. The van der Waals surface area contributed by atoms with Gasteiger partial charge in [0.15, 0.2) is 0 Å². The Morgan fingerprint density at radius 3 is 2.67 bits per heavy atom. The van der Waals surface area contributed by atoms with Gasteiger partial charge in [0.2, 0.25) is 0 Å². The first-order valence-corrected chi connectivity index (χ1v) is 6.46. The molecule has 0 heterocycles. The lowest BCUT2D eigenvalue weighted by Gasteiger charge is -2.24. The number of nitrogens with zero attached hydrogens (tertiary/aromatic N) is 1. The third kappa shape index (κ3) is 4.77. The van der Waals surface area contributed by atoms with Crippen LogP contribution in [0.2, 0.25) is 0 Å². The van der Waals surface area contributed by atoms with Crippen molar-refractivity contribution in [2.45, 2.75) is 38.6 Å². The molecule has 1 atom stereocenters. The first-order chi connectivity index (χ1) is 8.58. The molecule has 2 amide bonds. The van der Waals surface area contributed by atoms with Gasteiger partial charge in [-0.25, -0.2) is 4.79 Å². The fourth-order valence-corrected chi connectivity index (χ4v) is 1.97. The van der Waals surface area contributed by atoms with Gasteiger partial charge in [-0.15, -0.1) is 6.58 Å². The molecule has 2 N–H and O–H groups in total. The van der Waals surface area contributed by atoms with Crippen LogP contribution in [0, 0.1) is 5.92 Å². The Labute approximate surface area is 108 Å².